The molecule has 0 atom stereocenters. The number of carbonyl (C=O) groups is 1. The highest BCUT2D eigenvalue weighted by molar-refractivity contribution is 7.89. The molecule has 0 radical (unpaired) electrons. The molecule has 0 aliphatic heterocycles. The molecule has 0 amide bonds. The topological polar surface area (TPSA) is 81.7 Å². The fourth-order valence-corrected chi connectivity index (χ4v) is 3.83. The van der Waals surface area contributed by atoms with Crippen molar-refractivity contribution < 1.29 is 22.7 Å². The van der Waals surface area contributed by atoms with E-state index in [9.17, 15) is 13.2 Å². The Morgan fingerprint density at radius 2 is 1.80 bits per heavy atom. The zero-order valence-corrected chi connectivity index (χ0v) is 14.6. The van der Waals surface area contributed by atoms with Crippen molar-refractivity contribution in [1.82, 2.24) is 4.72 Å². The van der Waals surface area contributed by atoms with Crippen molar-refractivity contribution in [2.45, 2.75) is 24.2 Å². The van der Waals surface area contributed by atoms with Crippen molar-refractivity contribution in [2.75, 3.05) is 13.7 Å². The largest absolute Gasteiger partial charge is 0.493 e. The van der Waals surface area contributed by atoms with Gasteiger partial charge in [-0.25, -0.2) is 8.42 Å². The summed E-state index contributed by atoms with van der Waals surface area (Å²) < 4.78 is 37.3. The van der Waals surface area contributed by atoms with Crippen molar-refractivity contribution in [3.8, 4) is 11.5 Å². The first kappa shape index (κ1) is 17.4. The van der Waals surface area contributed by atoms with E-state index in [4.69, 9.17) is 9.47 Å². The molecule has 0 unspecified atom stereocenters. The molecule has 1 aliphatic rings. The van der Waals surface area contributed by atoms with Gasteiger partial charge in [0.25, 0.3) is 0 Å². The fraction of sp³-hybridized carbons (Fsp3) is 0.278. The van der Waals surface area contributed by atoms with Crippen molar-refractivity contribution in [3.63, 3.8) is 0 Å². The van der Waals surface area contributed by atoms with Gasteiger partial charge < -0.3 is 9.47 Å². The molecule has 0 heterocycles. The van der Waals surface area contributed by atoms with Gasteiger partial charge in [-0.1, -0.05) is 18.2 Å². The number of nitrogens with one attached hydrogen (secondary N) is 1. The minimum Gasteiger partial charge on any atom is -0.493 e. The summed E-state index contributed by atoms with van der Waals surface area (Å²) in [6, 6.07) is 11.7. The van der Waals surface area contributed by atoms with Crippen LogP contribution in [0.2, 0.25) is 0 Å². The fourth-order valence-electron chi connectivity index (χ4n) is 2.81. The lowest BCUT2D eigenvalue weighted by atomic mass is 10.1. The van der Waals surface area contributed by atoms with Crippen LogP contribution in [0.5, 0.6) is 11.5 Å². The molecular weight excluding hydrogens is 342 g/mol. The molecule has 25 heavy (non-hydrogen) atoms. The van der Waals surface area contributed by atoms with Gasteiger partial charge in [-0.15, -0.1) is 0 Å². The number of esters is 1. The average Bonchev–Trinajstić information content (AvgIpc) is 3.08. The third kappa shape index (κ3) is 4.00. The molecule has 0 saturated heterocycles. The summed E-state index contributed by atoms with van der Waals surface area (Å²) in [6.07, 6.45) is 2.90. The van der Waals surface area contributed by atoms with Gasteiger partial charge in [0, 0.05) is 0 Å². The Labute approximate surface area is 146 Å². The van der Waals surface area contributed by atoms with Gasteiger partial charge in [-0.2, -0.15) is 4.72 Å². The van der Waals surface area contributed by atoms with Crippen LogP contribution in [0.25, 0.3) is 0 Å². The molecule has 0 fully saturated rings. The zero-order chi connectivity index (χ0) is 17.9. The normalized spacial score (nSPS) is 13.3. The molecule has 1 N–H and O–H groups in total. The van der Waals surface area contributed by atoms with Crippen LogP contribution >= 0.6 is 0 Å². The quantitative estimate of drug-likeness (QED) is 0.629. The van der Waals surface area contributed by atoms with E-state index >= 15 is 0 Å². The number of sulfonamides is 1. The smallest absolute Gasteiger partial charge is 0.326 e. The highest BCUT2D eigenvalue weighted by Gasteiger charge is 2.20. The minimum atomic E-state index is -3.77. The minimum absolute atomic E-state index is 0.165. The van der Waals surface area contributed by atoms with Crippen molar-refractivity contribution in [1.29, 1.82) is 0 Å². The highest BCUT2D eigenvalue weighted by Crippen LogP contribution is 2.26. The first-order chi connectivity index (χ1) is 12.0. The van der Waals surface area contributed by atoms with Crippen LogP contribution in [0.4, 0.5) is 0 Å². The predicted octanol–water partition coefficient (Wildman–Crippen LogP) is 2.07. The van der Waals surface area contributed by atoms with Crippen LogP contribution < -0.4 is 14.2 Å². The summed E-state index contributed by atoms with van der Waals surface area (Å²) >= 11 is 0. The molecule has 6 nitrogen and oxygen atoms in total. The number of para-hydroxylation sites is 2. The molecule has 2 aromatic rings. The number of hydrogen-bond donors (Lipinski definition) is 1. The monoisotopic (exact) mass is 361 g/mol. The second-order valence-corrected chi connectivity index (χ2v) is 7.50. The van der Waals surface area contributed by atoms with Crippen LogP contribution in [0.15, 0.2) is 47.4 Å². The van der Waals surface area contributed by atoms with E-state index in [1.54, 1.807) is 36.4 Å². The first-order valence-corrected chi connectivity index (χ1v) is 9.43. The van der Waals surface area contributed by atoms with E-state index in [1.807, 2.05) is 6.07 Å². The van der Waals surface area contributed by atoms with E-state index in [1.165, 1.54) is 12.7 Å². The second kappa shape index (κ2) is 7.25. The molecule has 0 bridgehead atoms. The number of aryl methyl sites for hydroxylation is 2. The highest BCUT2D eigenvalue weighted by atomic mass is 32.2. The number of hydrogen-bond acceptors (Lipinski definition) is 5. The van der Waals surface area contributed by atoms with Gasteiger partial charge in [0.15, 0.2) is 11.5 Å². The van der Waals surface area contributed by atoms with Gasteiger partial charge in [-0.3, -0.25) is 4.79 Å². The Kier molecular flexibility index (Phi) is 5.06. The van der Waals surface area contributed by atoms with Gasteiger partial charge >= 0.3 is 5.97 Å². The Morgan fingerprint density at radius 3 is 2.56 bits per heavy atom. The summed E-state index contributed by atoms with van der Waals surface area (Å²) in [5, 5.41) is 0. The Hall–Kier alpha value is -2.38. The van der Waals surface area contributed by atoms with Crippen molar-refractivity contribution in [3.05, 3.63) is 53.6 Å². The predicted molar refractivity (Wildman–Crippen MR) is 92.3 cm³/mol. The summed E-state index contributed by atoms with van der Waals surface area (Å²) in [5.74, 6) is -0.0710. The van der Waals surface area contributed by atoms with E-state index in [-0.39, 0.29) is 10.6 Å². The molecule has 0 saturated carbocycles. The lowest BCUT2D eigenvalue weighted by molar-refractivity contribution is -0.133. The van der Waals surface area contributed by atoms with Crippen molar-refractivity contribution in [2.24, 2.45) is 0 Å². The van der Waals surface area contributed by atoms with E-state index in [0.717, 1.165) is 24.8 Å². The molecule has 7 heteroatoms. The molecule has 0 spiro atoms. The van der Waals surface area contributed by atoms with Crippen LogP contribution in [0.3, 0.4) is 0 Å². The SMILES string of the molecule is COc1ccccc1OC(=O)CNS(=O)(=O)c1ccc2c(c1)CCC2. The maximum absolute atomic E-state index is 12.4. The standard InChI is InChI=1S/C18H19NO5S/c1-23-16-7-2-3-8-17(16)24-18(20)12-19-25(21,22)15-10-9-13-5-4-6-14(13)11-15/h2-3,7-11,19H,4-6,12H2,1H3. The van der Waals surface area contributed by atoms with Crippen LogP contribution in [0.1, 0.15) is 17.5 Å². The molecule has 1 aliphatic carbocycles. The number of methoxy groups -OCH3 is 1. The van der Waals surface area contributed by atoms with Gasteiger partial charge in [0.2, 0.25) is 10.0 Å². The number of benzene rings is 2. The summed E-state index contributed by atoms with van der Waals surface area (Å²) in [5.41, 5.74) is 2.24. The number of rotatable bonds is 6. The van der Waals surface area contributed by atoms with Crippen LogP contribution in [-0.4, -0.2) is 28.0 Å². The zero-order valence-electron chi connectivity index (χ0n) is 13.8. The molecular formula is C18H19NO5S. The third-order valence-corrected chi connectivity index (χ3v) is 5.48. The summed E-state index contributed by atoms with van der Waals surface area (Å²) in [6.45, 7) is -0.461. The number of carbonyl (C=O) groups excluding carboxylic acids is 1. The lowest BCUT2D eigenvalue weighted by Gasteiger charge is -2.10. The van der Waals surface area contributed by atoms with Gasteiger partial charge in [-0.05, 0) is 54.7 Å². The first-order valence-electron chi connectivity index (χ1n) is 7.95. The average molecular weight is 361 g/mol. The molecule has 0 aromatic heterocycles. The second-order valence-electron chi connectivity index (χ2n) is 5.73. The van der Waals surface area contributed by atoms with E-state index in [0.29, 0.717) is 5.75 Å². The maximum atomic E-state index is 12.4. The Bertz CT molecular complexity index is 892. The number of ether oxygens (including phenoxy) is 2. The maximum Gasteiger partial charge on any atom is 0.326 e. The van der Waals surface area contributed by atoms with Crippen LogP contribution in [-0.2, 0) is 27.7 Å². The lowest BCUT2D eigenvalue weighted by Crippen LogP contribution is -2.32. The van der Waals surface area contributed by atoms with Crippen LogP contribution in [0, 0.1) is 0 Å². The number of fused-ring (bicyclic) bond motifs is 1. The van der Waals surface area contributed by atoms with Gasteiger partial charge in [0.05, 0.1) is 12.0 Å². The van der Waals surface area contributed by atoms with Gasteiger partial charge in [0.1, 0.15) is 6.54 Å². The molecule has 3 rings (SSSR count). The third-order valence-electron chi connectivity index (χ3n) is 4.08. The molecule has 2 aromatic carbocycles. The van der Waals surface area contributed by atoms with E-state index in [2.05, 4.69) is 4.72 Å². The summed E-state index contributed by atoms with van der Waals surface area (Å²) in [4.78, 5) is 12.1. The Balaban J connectivity index is 1.65. The van der Waals surface area contributed by atoms with Crippen molar-refractivity contribution >= 4 is 16.0 Å². The summed E-state index contributed by atoms with van der Waals surface area (Å²) in [7, 11) is -2.31. The molecule has 132 valence electrons. The Morgan fingerprint density at radius 1 is 1.08 bits per heavy atom. The van der Waals surface area contributed by atoms with E-state index < -0.39 is 22.5 Å².